The second kappa shape index (κ2) is 4.09. The maximum atomic E-state index is 13.2. The van der Waals surface area contributed by atoms with Crippen LogP contribution in [0.4, 0.5) is 10.1 Å². The molecule has 0 atom stereocenters. The number of amides is 1. The number of halogens is 1. The van der Waals surface area contributed by atoms with Crippen molar-refractivity contribution in [2.24, 2.45) is 0 Å². The summed E-state index contributed by atoms with van der Waals surface area (Å²) < 4.78 is 18.0. The van der Waals surface area contributed by atoms with Gasteiger partial charge in [-0.3, -0.25) is 4.79 Å². The van der Waals surface area contributed by atoms with Gasteiger partial charge in [-0.05, 0) is 18.6 Å². The average molecular weight is 199 g/mol. The molecule has 0 saturated carbocycles. The molecular formula is C10H14FNO2. The minimum Gasteiger partial charge on any atom is -0.494 e. The Labute approximate surface area is 83.4 Å². The van der Waals surface area contributed by atoms with Gasteiger partial charge in [-0.25, -0.2) is 4.39 Å². The predicted octanol–water partition coefficient (Wildman–Crippen LogP) is 2.35. The van der Waals surface area contributed by atoms with Gasteiger partial charge in [0.05, 0.1) is 7.11 Å². The zero-order valence-electron chi connectivity index (χ0n) is 8.35. The van der Waals surface area contributed by atoms with E-state index in [0.717, 1.165) is 5.56 Å². The summed E-state index contributed by atoms with van der Waals surface area (Å²) in [6.07, 6.45) is 0. The molecule has 0 fully saturated rings. The van der Waals surface area contributed by atoms with Gasteiger partial charge in [0, 0.05) is 20.1 Å². The molecule has 0 aliphatic heterocycles. The van der Waals surface area contributed by atoms with Crippen LogP contribution in [0.25, 0.3) is 0 Å². The molecule has 0 spiro atoms. The molecule has 1 rings (SSSR count). The summed E-state index contributed by atoms with van der Waals surface area (Å²) in [4.78, 5) is 10.8. The van der Waals surface area contributed by atoms with Crippen LogP contribution in [0.2, 0.25) is 0 Å². The zero-order valence-corrected chi connectivity index (χ0v) is 8.35. The van der Waals surface area contributed by atoms with Gasteiger partial charge in [-0.1, -0.05) is 0 Å². The number of anilines is 1. The topological polar surface area (TPSA) is 38.3 Å². The van der Waals surface area contributed by atoms with Gasteiger partial charge in [0.2, 0.25) is 5.91 Å². The minimum atomic E-state index is -0.484. The molecule has 1 N–H and O–H groups in total. The van der Waals surface area contributed by atoms with Crippen LogP contribution in [0.1, 0.15) is 13.9 Å². The van der Waals surface area contributed by atoms with E-state index >= 15 is 0 Å². The molecule has 0 saturated heterocycles. The van der Waals surface area contributed by atoms with Crippen LogP contribution in [-0.2, 0) is 4.79 Å². The molecule has 3 nitrogen and oxygen atoms in total. The van der Waals surface area contributed by atoms with E-state index in [-0.39, 0.29) is 13.1 Å². The molecule has 1 aromatic rings. The third kappa shape index (κ3) is 2.22. The highest BCUT2D eigenvalue weighted by Crippen LogP contribution is 2.24. The van der Waals surface area contributed by atoms with Crippen molar-refractivity contribution in [1.82, 2.24) is 0 Å². The first-order valence-electron chi connectivity index (χ1n) is 4.16. The molecule has 0 unspecified atom stereocenters. The average Bonchev–Trinajstić information content (AvgIpc) is 2.10. The second-order valence-electron chi connectivity index (χ2n) is 2.98. The molecular weight excluding hydrogens is 185 g/mol. The van der Waals surface area contributed by atoms with Gasteiger partial charge in [0.1, 0.15) is 0 Å². The number of ether oxygens (including phenoxy) is 1. The summed E-state index contributed by atoms with van der Waals surface area (Å²) in [6, 6.07) is 2.79. The largest absolute Gasteiger partial charge is 0.494 e. The van der Waals surface area contributed by atoms with Crippen molar-refractivity contribution in [3.05, 3.63) is 23.5 Å². The Hall–Kier alpha value is -1.58. The number of nitrogens with one attached hydrogen (secondary N) is 1. The molecule has 0 aliphatic rings. The van der Waals surface area contributed by atoms with Crippen LogP contribution < -0.4 is 10.1 Å². The fraction of sp³-hybridized carbons (Fsp3) is 0.300. The van der Waals surface area contributed by atoms with Crippen molar-refractivity contribution in [3.8, 4) is 5.75 Å². The summed E-state index contributed by atoms with van der Waals surface area (Å²) in [6.45, 7) is 3.15. The fourth-order valence-electron chi connectivity index (χ4n) is 1.14. The molecule has 1 aromatic carbocycles. The number of hydrogen-bond acceptors (Lipinski definition) is 2. The molecule has 0 aliphatic carbocycles. The Kier molecular flexibility index (Phi) is 3.06. The highest BCUT2D eigenvalue weighted by atomic mass is 19.1. The van der Waals surface area contributed by atoms with Crippen molar-refractivity contribution in [2.75, 3.05) is 12.4 Å². The second-order valence-corrected chi connectivity index (χ2v) is 2.98. The maximum Gasteiger partial charge on any atom is 0.221 e. The third-order valence-electron chi connectivity index (χ3n) is 1.81. The first-order chi connectivity index (χ1) is 6.54. The van der Waals surface area contributed by atoms with E-state index < -0.39 is 5.82 Å². The molecule has 14 heavy (non-hydrogen) atoms. The van der Waals surface area contributed by atoms with Crippen molar-refractivity contribution >= 4 is 11.6 Å². The van der Waals surface area contributed by atoms with E-state index in [4.69, 9.17) is 4.74 Å². The van der Waals surface area contributed by atoms with Crippen LogP contribution in [0.15, 0.2) is 12.1 Å². The Morgan fingerprint density at radius 1 is 1.57 bits per heavy atom. The number of carbonyl (C=O) groups excluding carboxylic acids is 1. The number of benzene rings is 1. The lowest BCUT2D eigenvalue weighted by Crippen LogP contribution is -2.07. The van der Waals surface area contributed by atoms with E-state index in [1.165, 1.54) is 20.1 Å². The standard InChI is InChI=1S/C10H12FNO2.H2/c1-6-4-10(14-3)8(11)5-9(6)12-7(2)13;/h4-5H,1-3H3,(H,12,13);1H. The van der Waals surface area contributed by atoms with E-state index in [0.29, 0.717) is 5.69 Å². The van der Waals surface area contributed by atoms with E-state index in [1.54, 1.807) is 13.0 Å². The third-order valence-corrected chi connectivity index (χ3v) is 1.81. The molecule has 1 amide bonds. The lowest BCUT2D eigenvalue weighted by molar-refractivity contribution is -0.114. The SMILES string of the molecule is COc1cc(C)c(NC(C)=O)cc1F.[HH]. The van der Waals surface area contributed by atoms with Crippen molar-refractivity contribution in [2.45, 2.75) is 13.8 Å². The molecule has 0 radical (unpaired) electrons. The van der Waals surface area contributed by atoms with Gasteiger partial charge >= 0.3 is 0 Å². The summed E-state index contributed by atoms with van der Waals surface area (Å²) >= 11 is 0. The van der Waals surface area contributed by atoms with E-state index in [9.17, 15) is 9.18 Å². The van der Waals surface area contributed by atoms with Crippen LogP contribution >= 0.6 is 0 Å². The van der Waals surface area contributed by atoms with E-state index in [2.05, 4.69) is 5.32 Å². The normalized spacial score (nSPS) is 9.71. The molecule has 0 heterocycles. The summed E-state index contributed by atoms with van der Waals surface area (Å²) in [5, 5.41) is 2.53. The molecule has 0 bridgehead atoms. The monoisotopic (exact) mass is 199 g/mol. The maximum absolute atomic E-state index is 13.2. The van der Waals surface area contributed by atoms with Gasteiger partial charge in [-0.2, -0.15) is 0 Å². The first-order valence-corrected chi connectivity index (χ1v) is 4.16. The van der Waals surface area contributed by atoms with Crippen LogP contribution in [0.3, 0.4) is 0 Å². The van der Waals surface area contributed by atoms with Crippen LogP contribution in [0.5, 0.6) is 5.75 Å². The van der Waals surface area contributed by atoms with Gasteiger partial charge in [0.15, 0.2) is 11.6 Å². The number of methoxy groups -OCH3 is 1. The number of hydrogen-bond donors (Lipinski definition) is 1. The minimum absolute atomic E-state index is 0. The number of aryl methyl sites for hydroxylation is 1. The Balaban J connectivity index is 0.00000196. The molecule has 0 aromatic heterocycles. The van der Waals surface area contributed by atoms with Crippen molar-refractivity contribution in [1.29, 1.82) is 0 Å². The zero-order chi connectivity index (χ0) is 10.7. The smallest absolute Gasteiger partial charge is 0.221 e. The molecule has 78 valence electrons. The summed E-state index contributed by atoms with van der Waals surface area (Å²) in [7, 11) is 1.40. The molecule has 4 heteroatoms. The first kappa shape index (κ1) is 10.5. The quantitative estimate of drug-likeness (QED) is 0.793. The summed E-state index contributed by atoms with van der Waals surface area (Å²) in [5.74, 6) is -0.531. The number of carbonyl (C=O) groups is 1. The lowest BCUT2D eigenvalue weighted by Gasteiger charge is -2.09. The Morgan fingerprint density at radius 2 is 2.21 bits per heavy atom. The van der Waals surface area contributed by atoms with Gasteiger partial charge in [-0.15, -0.1) is 0 Å². The van der Waals surface area contributed by atoms with E-state index in [1.807, 2.05) is 0 Å². The Bertz CT molecular complexity index is 369. The fourth-order valence-corrected chi connectivity index (χ4v) is 1.14. The van der Waals surface area contributed by atoms with Crippen molar-refractivity contribution in [3.63, 3.8) is 0 Å². The van der Waals surface area contributed by atoms with Crippen LogP contribution in [0, 0.1) is 12.7 Å². The number of rotatable bonds is 2. The van der Waals surface area contributed by atoms with Gasteiger partial charge < -0.3 is 10.1 Å². The van der Waals surface area contributed by atoms with Crippen LogP contribution in [-0.4, -0.2) is 13.0 Å². The highest BCUT2D eigenvalue weighted by Gasteiger charge is 2.07. The van der Waals surface area contributed by atoms with Crippen molar-refractivity contribution < 1.29 is 15.3 Å². The van der Waals surface area contributed by atoms with Gasteiger partial charge in [0.25, 0.3) is 0 Å². The lowest BCUT2D eigenvalue weighted by atomic mass is 10.2. The predicted molar refractivity (Wildman–Crippen MR) is 54.1 cm³/mol. The Morgan fingerprint density at radius 3 is 2.71 bits per heavy atom. The summed E-state index contributed by atoms with van der Waals surface area (Å²) in [5.41, 5.74) is 1.23. The highest BCUT2D eigenvalue weighted by molar-refractivity contribution is 5.89.